The van der Waals surface area contributed by atoms with Crippen LogP contribution in [0.2, 0.25) is 0 Å². The molecule has 0 amide bonds. The lowest BCUT2D eigenvalue weighted by atomic mass is 10.2. The van der Waals surface area contributed by atoms with Crippen molar-refractivity contribution in [3.8, 4) is 0 Å². The molecule has 0 aliphatic carbocycles. The third-order valence-corrected chi connectivity index (χ3v) is 4.58. The molecule has 0 radical (unpaired) electrons. The molecule has 0 saturated carbocycles. The summed E-state index contributed by atoms with van der Waals surface area (Å²) >= 11 is 1.72. The molecule has 122 valence electrons. The van der Waals surface area contributed by atoms with E-state index >= 15 is 0 Å². The number of hydrogen-bond donors (Lipinski definition) is 3. The van der Waals surface area contributed by atoms with Crippen LogP contribution in [0.15, 0.2) is 47.9 Å². The molecular weight excluding hydrogens is 320 g/mol. The van der Waals surface area contributed by atoms with Crippen molar-refractivity contribution in [2.75, 3.05) is 18.1 Å². The molecule has 0 bridgehead atoms. The van der Waals surface area contributed by atoms with E-state index < -0.39 is 0 Å². The summed E-state index contributed by atoms with van der Waals surface area (Å²) < 4.78 is 1.21. The number of allylic oxidation sites excluding steroid dienone is 1. The van der Waals surface area contributed by atoms with Gasteiger partial charge >= 0.3 is 0 Å². The zero-order valence-corrected chi connectivity index (χ0v) is 14.0. The number of nitrogen functional groups attached to an aromatic ring is 1. The predicted octanol–water partition coefficient (Wildman–Crippen LogP) is 2.89. The minimum Gasteiger partial charge on any atom is -0.404 e. The second-order valence-electron chi connectivity index (χ2n) is 5.12. The largest absolute Gasteiger partial charge is 0.404 e. The zero-order chi connectivity index (χ0) is 16.9. The summed E-state index contributed by atoms with van der Waals surface area (Å²) in [5.74, 6) is 0.631. The SMILES string of the molecule is CN=CC(=CN)c1ccc(N)c(NCc2cc3cnccc3s2)n1. The minimum atomic E-state index is 0.589. The molecule has 0 aliphatic heterocycles. The minimum absolute atomic E-state index is 0.589. The fourth-order valence-electron chi connectivity index (χ4n) is 2.30. The molecular formula is C17H18N6S. The summed E-state index contributed by atoms with van der Waals surface area (Å²) in [5, 5.41) is 4.43. The van der Waals surface area contributed by atoms with Gasteiger partial charge in [-0.25, -0.2) is 4.98 Å². The normalized spacial score (nSPS) is 12.1. The van der Waals surface area contributed by atoms with E-state index in [1.54, 1.807) is 30.8 Å². The van der Waals surface area contributed by atoms with Gasteiger partial charge in [0.1, 0.15) is 5.82 Å². The van der Waals surface area contributed by atoms with Crippen LogP contribution in [0.4, 0.5) is 11.5 Å². The van der Waals surface area contributed by atoms with Crippen LogP contribution in [0.5, 0.6) is 0 Å². The van der Waals surface area contributed by atoms with Gasteiger partial charge in [0, 0.05) is 52.4 Å². The third-order valence-electron chi connectivity index (χ3n) is 3.47. The van der Waals surface area contributed by atoms with Crippen molar-refractivity contribution in [3.63, 3.8) is 0 Å². The maximum absolute atomic E-state index is 6.03. The number of nitrogens with two attached hydrogens (primary N) is 2. The number of nitrogens with zero attached hydrogens (tertiary/aromatic N) is 3. The van der Waals surface area contributed by atoms with Gasteiger partial charge in [-0.05, 0) is 24.3 Å². The summed E-state index contributed by atoms with van der Waals surface area (Å²) in [7, 11) is 1.69. The van der Waals surface area contributed by atoms with Crippen LogP contribution in [-0.4, -0.2) is 23.2 Å². The van der Waals surface area contributed by atoms with Gasteiger partial charge in [-0.15, -0.1) is 11.3 Å². The fraction of sp³-hybridized carbons (Fsp3) is 0.118. The maximum Gasteiger partial charge on any atom is 0.150 e. The van der Waals surface area contributed by atoms with Crippen LogP contribution in [-0.2, 0) is 6.54 Å². The average Bonchev–Trinajstić information content (AvgIpc) is 3.02. The molecule has 0 aromatic carbocycles. The maximum atomic E-state index is 6.03. The summed E-state index contributed by atoms with van der Waals surface area (Å²) in [4.78, 5) is 13.9. The molecule has 0 fully saturated rings. The molecule has 6 nitrogen and oxygen atoms in total. The number of aromatic nitrogens is 2. The third kappa shape index (κ3) is 3.36. The highest BCUT2D eigenvalue weighted by Gasteiger charge is 2.07. The Kier molecular flexibility index (Phi) is 4.72. The summed E-state index contributed by atoms with van der Waals surface area (Å²) in [6.45, 7) is 0.642. The zero-order valence-electron chi connectivity index (χ0n) is 13.2. The Morgan fingerprint density at radius 2 is 2.25 bits per heavy atom. The quantitative estimate of drug-likeness (QED) is 0.621. The number of rotatable bonds is 5. The molecule has 3 aromatic rings. The molecule has 0 saturated heterocycles. The van der Waals surface area contributed by atoms with Crippen LogP contribution < -0.4 is 16.8 Å². The van der Waals surface area contributed by atoms with Crippen molar-refractivity contribution < 1.29 is 0 Å². The number of hydrogen-bond acceptors (Lipinski definition) is 7. The lowest BCUT2D eigenvalue weighted by molar-refractivity contribution is 1.14. The van der Waals surface area contributed by atoms with Crippen LogP contribution in [0.1, 0.15) is 10.6 Å². The molecule has 7 heteroatoms. The fourth-order valence-corrected chi connectivity index (χ4v) is 3.27. The van der Waals surface area contributed by atoms with Crippen molar-refractivity contribution in [1.82, 2.24) is 9.97 Å². The van der Waals surface area contributed by atoms with E-state index in [0.717, 1.165) is 16.7 Å². The van der Waals surface area contributed by atoms with Gasteiger partial charge in [0.15, 0.2) is 0 Å². The van der Waals surface area contributed by atoms with Gasteiger partial charge in [-0.1, -0.05) is 0 Å². The summed E-state index contributed by atoms with van der Waals surface area (Å²) in [6, 6.07) is 7.77. The number of anilines is 2. The first-order valence-corrected chi connectivity index (χ1v) is 8.20. The summed E-state index contributed by atoms with van der Waals surface area (Å²) in [6.07, 6.45) is 6.82. The van der Waals surface area contributed by atoms with Gasteiger partial charge in [0.25, 0.3) is 0 Å². The van der Waals surface area contributed by atoms with E-state index in [9.17, 15) is 0 Å². The van der Waals surface area contributed by atoms with E-state index in [1.807, 2.05) is 24.4 Å². The monoisotopic (exact) mass is 338 g/mol. The Morgan fingerprint density at radius 3 is 3.00 bits per heavy atom. The van der Waals surface area contributed by atoms with Gasteiger partial charge in [0.2, 0.25) is 0 Å². The molecule has 0 atom stereocenters. The second kappa shape index (κ2) is 7.10. The number of nitrogens with one attached hydrogen (secondary N) is 1. The molecule has 0 spiro atoms. The van der Waals surface area contributed by atoms with E-state index in [0.29, 0.717) is 18.1 Å². The number of aliphatic imine (C=N–C) groups is 1. The van der Waals surface area contributed by atoms with Crippen LogP contribution in [0.3, 0.4) is 0 Å². The lowest BCUT2D eigenvalue weighted by Crippen LogP contribution is -2.06. The standard InChI is InChI=1S/C17H18N6S/c1-20-8-12(7-18)15-3-2-14(19)17(23-15)22-10-13-6-11-9-21-5-4-16(11)24-13/h2-9H,10,18-19H2,1H3,(H,22,23). The Morgan fingerprint density at radius 1 is 1.38 bits per heavy atom. The van der Waals surface area contributed by atoms with Crippen molar-refractivity contribution in [3.05, 3.63) is 53.4 Å². The van der Waals surface area contributed by atoms with Crippen molar-refractivity contribution >= 4 is 44.7 Å². The number of fused-ring (bicyclic) bond motifs is 1. The van der Waals surface area contributed by atoms with E-state index in [4.69, 9.17) is 11.5 Å². The van der Waals surface area contributed by atoms with Gasteiger partial charge in [-0.2, -0.15) is 0 Å². The molecule has 0 unspecified atom stereocenters. The van der Waals surface area contributed by atoms with Gasteiger partial charge < -0.3 is 16.8 Å². The molecule has 24 heavy (non-hydrogen) atoms. The van der Waals surface area contributed by atoms with Crippen molar-refractivity contribution in [2.24, 2.45) is 10.7 Å². The van der Waals surface area contributed by atoms with Crippen LogP contribution >= 0.6 is 11.3 Å². The van der Waals surface area contributed by atoms with Gasteiger partial charge in [-0.3, -0.25) is 9.98 Å². The molecule has 3 aromatic heterocycles. The van der Waals surface area contributed by atoms with Crippen molar-refractivity contribution in [2.45, 2.75) is 6.54 Å². The second-order valence-corrected chi connectivity index (χ2v) is 6.29. The van der Waals surface area contributed by atoms with Gasteiger partial charge in [0.05, 0.1) is 17.9 Å². The highest BCUT2D eigenvalue weighted by Crippen LogP contribution is 2.26. The Balaban J connectivity index is 1.81. The van der Waals surface area contributed by atoms with Crippen LogP contribution in [0.25, 0.3) is 15.7 Å². The lowest BCUT2D eigenvalue weighted by Gasteiger charge is -2.09. The van der Waals surface area contributed by atoms with E-state index in [1.165, 1.54) is 15.8 Å². The first-order chi connectivity index (χ1) is 11.7. The van der Waals surface area contributed by atoms with Crippen molar-refractivity contribution in [1.29, 1.82) is 0 Å². The Labute approximate surface area is 144 Å². The van der Waals surface area contributed by atoms with Crippen LogP contribution in [0, 0.1) is 0 Å². The Bertz CT molecular complexity index is 879. The van der Waals surface area contributed by atoms with E-state index in [2.05, 4.69) is 26.3 Å². The Hall–Kier alpha value is -2.93. The molecule has 3 rings (SSSR count). The average molecular weight is 338 g/mol. The summed E-state index contributed by atoms with van der Waals surface area (Å²) in [5.41, 5.74) is 13.7. The first-order valence-electron chi connectivity index (χ1n) is 7.38. The molecule has 3 heterocycles. The topological polar surface area (TPSA) is 102 Å². The molecule has 5 N–H and O–H groups in total. The highest BCUT2D eigenvalue weighted by atomic mass is 32.1. The highest BCUT2D eigenvalue weighted by molar-refractivity contribution is 7.19. The molecule has 0 aliphatic rings. The smallest absolute Gasteiger partial charge is 0.150 e. The predicted molar refractivity (Wildman–Crippen MR) is 102 cm³/mol. The number of pyridine rings is 2. The first kappa shape index (κ1) is 15.9. The van der Waals surface area contributed by atoms with E-state index in [-0.39, 0.29) is 0 Å². The number of thiophene rings is 1.